The highest BCUT2D eigenvalue weighted by molar-refractivity contribution is 6.31. The van der Waals surface area contributed by atoms with E-state index in [1.54, 1.807) is 0 Å². The molecular formula is C23H19N. The maximum absolute atomic E-state index is 2.50. The molecule has 116 valence electrons. The Morgan fingerprint density at radius 1 is 0.583 bits per heavy atom. The zero-order valence-electron chi connectivity index (χ0n) is 14.0. The maximum atomic E-state index is 2.50. The van der Waals surface area contributed by atoms with E-state index in [9.17, 15) is 0 Å². The lowest BCUT2D eigenvalue weighted by atomic mass is 9.97. The number of nitrogens with zero attached hydrogens (tertiary/aromatic N) is 1. The summed E-state index contributed by atoms with van der Waals surface area (Å²) in [5.74, 6) is 0. The molecular weight excluding hydrogens is 290 g/mol. The summed E-state index contributed by atoms with van der Waals surface area (Å²) in [6.07, 6.45) is 0. The zero-order valence-corrected chi connectivity index (χ0v) is 14.0. The molecule has 0 amide bonds. The van der Waals surface area contributed by atoms with Crippen LogP contribution in [0.3, 0.4) is 0 Å². The summed E-state index contributed by atoms with van der Waals surface area (Å²) in [6, 6.07) is 26.8. The molecule has 0 bridgehead atoms. The molecule has 0 spiro atoms. The molecule has 0 saturated carbocycles. The van der Waals surface area contributed by atoms with Crippen LogP contribution in [0.1, 0.15) is 19.9 Å². The third kappa shape index (κ3) is 1.64. The van der Waals surface area contributed by atoms with Crippen molar-refractivity contribution < 1.29 is 0 Å². The molecule has 0 saturated heterocycles. The summed E-state index contributed by atoms with van der Waals surface area (Å²) >= 11 is 0. The lowest BCUT2D eigenvalue weighted by Gasteiger charge is -2.14. The molecule has 24 heavy (non-hydrogen) atoms. The minimum absolute atomic E-state index is 0.414. The summed E-state index contributed by atoms with van der Waals surface area (Å²) in [4.78, 5) is 0. The highest BCUT2D eigenvalue weighted by atomic mass is 15.0. The first kappa shape index (κ1) is 13.6. The van der Waals surface area contributed by atoms with E-state index in [0.29, 0.717) is 6.04 Å². The van der Waals surface area contributed by atoms with Gasteiger partial charge in [-0.15, -0.1) is 0 Å². The Labute approximate surface area is 141 Å². The van der Waals surface area contributed by atoms with Crippen molar-refractivity contribution in [3.63, 3.8) is 0 Å². The number of hydrogen-bond acceptors (Lipinski definition) is 0. The number of aromatic nitrogens is 1. The Kier molecular flexibility index (Phi) is 2.75. The quantitative estimate of drug-likeness (QED) is 0.304. The van der Waals surface area contributed by atoms with Gasteiger partial charge < -0.3 is 4.57 Å². The van der Waals surface area contributed by atoms with Crippen LogP contribution in [0.5, 0.6) is 0 Å². The lowest BCUT2D eigenvalue weighted by Crippen LogP contribution is -2.00. The fraction of sp³-hybridized carbons (Fsp3) is 0.130. The van der Waals surface area contributed by atoms with Crippen molar-refractivity contribution in [2.24, 2.45) is 0 Å². The molecule has 1 aromatic heterocycles. The van der Waals surface area contributed by atoms with Crippen LogP contribution in [-0.4, -0.2) is 4.57 Å². The molecule has 0 aliphatic rings. The molecule has 5 aromatic rings. The van der Waals surface area contributed by atoms with E-state index >= 15 is 0 Å². The molecule has 0 fully saturated rings. The van der Waals surface area contributed by atoms with Crippen LogP contribution >= 0.6 is 0 Å². The Morgan fingerprint density at radius 2 is 1.08 bits per heavy atom. The Morgan fingerprint density at radius 3 is 1.75 bits per heavy atom. The van der Waals surface area contributed by atoms with Crippen molar-refractivity contribution in [1.29, 1.82) is 0 Å². The topological polar surface area (TPSA) is 4.93 Å². The largest absolute Gasteiger partial charge is 0.337 e. The first-order valence-electron chi connectivity index (χ1n) is 8.59. The fourth-order valence-electron chi connectivity index (χ4n) is 4.20. The van der Waals surface area contributed by atoms with Gasteiger partial charge in [-0.3, -0.25) is 0 Å². The van der Waals surface area contributed by atoms with Crippen molar-refractivity contribution in [2.45, 2.75) is 19.9 Å². The zero-order chi connectivity index (χ0) is 16.3. The summed E-state index contributed by atoms with van der Waals surface area (Å²) < 4.78 is 2.50. The van der Waals surface area contributed by atoms with Gasteiger partial charge in [0.15, 0.2) is 0 Å². The van der Waals surface area contributed by atoms with Crippen molar-refractivity contribution in [1.82, 2.24) is 4.57 Å². The Balaban J connectivity index is 2.25. The average molecular weight is 309 g/mol. The van der Waals surface area contributed by atoms with Gasteiger partial charge in [0.2, 0.25) is 0 Å². The van der Waals surface area contributed by atoms with E-state index in [-0.39, 0.29) is 0 Å². The minimum atomic E-state index is 0.414. The van der Waals surface area contributed by atoms with Crippen molar-refractivity contribution in [3.8, 4) is 0 Å². The second kappa shape index (κ2) is 4.85. The van der Waals surface area contributed by atoms with Gasteiger partial charge in [0, 0.05) is 27.7 Å². The van der Waals surface area contributed by atoms with Gasteiger partial charge in [-0.25, -0.2) is 0 Å². The van der Waals surface area contributed by atoms with Crippen LogP contribution in [0, 0.1) is 0 Å². The number of rotatable bonds is 1. The predicted octanol–water partition coefficient (Wildman–Crippen LogP) is 6.68. The number of benzene rings is 4. The van der Waals surface area contributed by atoms with Gasteiger partial charge in [-0.1, -0.05) is 66.7 Å². The van der Waals surface area contributed by atoms with Gasteiger partial charge in [0.1, 0.15) is 0 Å². The molecule has 1 nitrogen and oxygen atoms in total. The van der Waals surface area contributed by atoms with Gasteiger partial charge in [-0.2, -0.15) is 0 Å². The normalized spacial score (nSPS) is 12.1. The summed E-state index contributed by atoms with van der Waals surface area (Å²) in [5.41, 5.74) is 2.68. The first-order valence-corrected chi connectivity index (χ1v) is 8.59. The van der Waals surface area contributed by atoms with Gasteiger partial charge in [0.05, 0.1) is 5.52 Å². The van der Waals surface area contributed by atoms with E-state index in [1.807, 2.05) is 0 Å². The second-order valence-electron chi connectivity index (χ2n) is 6.80. The predicted molar refractivity (Wildman–Crippen MR) is 105 cm³/mol. The third-order valence-electron chi connectivity index (χ3n) is 5.10. The molecule has 0 aliphatic heterocycles. The van der Waals surface area contributed by atoms with Crippen molar-refractivity contribution in [3.05, 3.63) is 72.8 Å². The maximum Gasteiger partial charge on any atom is 0.0579 e. The highest BCUT2D eigenvalue weighted by Crippen LogP contribution is 2.41. The van der Waals surface area contributed by atoms with E-state index < -0.39 is 0 Å². The standard InChI is InChI=1S/C23H19N/c1-15(2)24-21-14-8-7-13-20(21)22-18-11-5-3-9-16(18)17-10-4-6-12-19(17)23(22)24/h3-15H,1-2H3. The van der Waals surface area contributed by atoms with Crippen LogP contribution in [0.2, 0.25) is 0 Å². The van der Waals surface area contributed by atoms with E-state index in [0.717, 1.165) is 0 Å². The molecule has 0 radical (unpaired) electrons. The summed E-state index contributed by atoms with van der Waals surface area (Å²) in [5, 5.41) is 8.10. The van der Waals surface area contributed by atoms with Gasteiger partial charge in [0.25, 0.3) is 0 Å². The van der Waals surface area contributed by atoms with Gasteiger partial charge >= 0.3 is 0 Å². The number of para-hydroxylation sites is 1. The average Bonchev–Trinajstić information content (AvgIpc) is 2.98. The van der Waals surface area contributed by atoms with E-state index in [2.05, 4.69) is 91.2 Å². The van der Waals surface area contributed by atoms with Crippen molar-refractivity contribution >= 4 is 43.4 Å². The SMILES string of the molecule is CC(C)n1c2ccccc2c2c3ccccc3c3ccccc3c21. The molecule has 5 rings (SSSR count). The van der Waals surface area contributed by atoms with Gasteiger partial charge in [-0.05, 0) is 36.1 Å². The molecule has 0 atom stereocenters. The molecule has 0 unspecified atom stereocenters. The number of hydrogen-bond donors (Lipinski definition) is 0. The third-order valence-corrected chi connectivity index (χ3v) is 5.10. The monoisotopic (exact) mass is 309 g/mol. The number of fused-ring (bicyclic) bond motifs is 8. The van der Waals surface area contributed by atoms with Crippen LogP contribution in [-0.2, 0) is 0 Å². The highest BCUT2D eigenvalue weighted by Gasteiger charge is 2.18. The smallest absolute Gasteiger partial charge is 0.0579 e. The molecule has 1 heteroatoms. The van der Waals surface area contributed by atoms with Crippen LogP contribution in [0.25, 0.3) is 43.4 Å². The molecule has 1 heterocycles. The molecule has 0 N–H and O–H groups in total. The fourth-order valence-corrected chi connectivity index (χ4v) is 4.20. The second-order valence-corrected chi connectivity index (χ2v) is 6.80. The molecule has 4 aromatic carbocycles. The summed E-state index contributed by atoms with van der Waals surface area (Å²) in [6.45, 7) is 4.55. The van der Waals surface area contributed by atoms with E-state index in [1.165, 1.54) is 43.4 Å². The van der Waals surface area contributed by atoms with Crippen LogP contribution in [0.4, 0.5) is 0 Å². The lowest BCUT2D eigenvalue weighted by molar-refractivity contribution is 0.643. The minimum Gasteiger partial charge on any atom is -0.337 e. The molecule has 0 aliphatic carbocycles. The van der Waals surface area contributed by atoms with Crippen molar-refractivity contribution in [2.75, 3.05) is 0 Å². The first-order chi connectivity index (χ1) is 11.8. The Hall–Kier alpha value is -2.80. The van der Waals surface area contributed by atoms with E-state index in [4.69, 9.17) is 0 Å². The van der Waals surface area contributed by atoms with Crippen LogP contribution in [0.15, 0.2) is 72.8 Å². The van der Waals surface area contributed by atoms with Crippen LogP contribution < -0.4 is 0 Å². The summed E-state index contributed by atoms with van der Waals surface area (Å²) in [7, 11) is 0. The Bertz CT molecular complexity index is 1220.